The van der Waals surface area contributed by atoms with Crippen LogP contribution in [0.15, 0.2) is 40.8 Å². The van der Waals surface area contributed by atoms with Crippen molar-refractivity contribution in [2.45, 2.75) is 0 Å². The molecule has 0 radical (unpaired) electrons. The van der Waals surface area contributed by atoms with E-state index < -0.39 is 4.92 Å². The lowest BCUT2D eigenvalue weighted by atomic mass is 10.1. The van der Waals surface area contributed by atoms with Gasteiger partial charge in [0.15, 0.2) is 0 Å². The van der Waals surface area contributed by atoms with Gasteiger partial charge < -0.3 is 4.98 Å². The second-order valence-electron chi connectivity index (χ2n) is 3.87. The zero-order valence-corrected chi connectivity index (χ0v) is 10.3. The molecule has 6 nitrogen and oxygen atoms in total. The zero-order chi connectivity index (χ0) is 13.4. The molecule has 0 spiro atoms. The number of nitro groups is 1. The van der Waals surface area contributed by atoms with E-state index in [1.807, 2.05) is 0 Å². The predicted molar refractivity (Wildman–Crippen MR) is 72.3 cm³/mol. The molecule has 1 N–H and O–H groups in total. The molecule has 94 valence electrons. The molecule has 0 atom stereocenters. The number of nitrogens with one attached hydrogen (secondary N) is 1. The minimum Gasteiger partial charge on any atom is -0.313 e. The standard InChI is InChI=1S/C12H7N3O3S/c16-11-10-9(5-19-12(10)14-6-13-11)7-2-1-3-8(4-7)15(17)18/h1-6H,(H,13,14,16). The number of H-pyrrole nitrogens is 1. The Bertz CT molecular complexity index is 837. The molecule has 3 rings (SSSR count). The molecule has 0 unspecified atom stereocenters. The van der Waals surface area contributed by atoms with Gasteiger partial charge in [0, 0.05) is 23.1 Å². The molecule has 19 heavy (non-hydrogen) atoms. The van der Waals surface area contributed by atoms with Gasteiger partial charge in [0.2, 0.25) is 0 Å². The van der Waals surface area contributed by atoms with Gasteiger partial charge in [-0.2, -0.15) is 0 Å². The highest BCUT2D eigenvalue weighted by Gasteiger charge is 2.13. The van der Waals surface area contributed by atoms with Gasteiger partial charge in [0.1, 0.15) is 4.83 Å². The van der Waals surface area contributed by atoms with Crippen LogP contribution in [0.3, 0.4) is 0 Å². The van der Waals surface area contributed by atoms with Crippen LogP contribution in [0.5, 0.6) is 0 Å². The molecule has 1 aromatic carbocycles. The minimum atomic E-state index is -0.458. The van der Waals surface area contributed by atoms with Crippen molar-refractivity contribution in [1.29, 1.82) is 0 Å². The summed E-state index contributed by atoms with van der Waals surface area (Å²) in [6.07, 6.45) is 1.35. The summed E-state index contributed by atoms with van der Waals surface area (Å²) in [5.74, 6) is 0. The van der Waals surface area contributed by atoms with Crippen molar-refractivity contribution in [1.82, 2.24) is 9.97 Å². The fourth-order valence-corrected chi connectivity index (χ4v) is 2.80. The van der Waals surface area contributed by atoms with E-state index in [0.29, 0.717) is 21.3 Å². The Morgan fingerprint density at radius 3 is 3.00 bits per heavy atom. The molecule has 0 amide bonds. The summed E-state index contributed by atoms with van der Waals surface area (Å²) in [7, 11) is 0. The van der Waals surface area contributed by atoms with Gasteiger partial charge in [-0.05, 0) is 5.56 Å². The third kappa shape index (κ3) is 1.89. The van der Waals surface area contributed by atoms with Crippen LogP contribution in [0.4, 0.5) is 5.69 Å². The summed E-state index contributed by atoms with van der Waals surface area (Å²) >= 11 is 1.34. The maximum absolute atomic E-state index is 11.8. The Morgan fingerprint density at radius 1 is 1.37 bits per heavy atom. The Labute approximate surface area is 110 Å². The number of nitrogens with zero attached hydrogens (tertiary/aromatic N) is 2. The Hall–Kier alpha value is -2.54. The number of rotatable bonds is 2. The van der Waals surface area contributed by atoms with Crippen molar-refractivity contribution in [2.24, 2.45) is 0 Å². The first-order valence-electron chi connectivity index (χ1n) is 5.36. The minimum absolute atomic E-state index is 0.00262. The second-order valence-corrected chi connectivity index (χ2v) is 4.73. The molecule has 0 bridgehead atoms. The summed E-state index contributed by atoms with van der Waals surface area (Å²) in [6.45, 7) is 0. The number of hydrogen-bond acceptors (Lipinski definition) is 5. The lowest BCUT2D eigenvalue weighted by molar-refractivity contribution is -0.384. The van der Waals surface area contributed by atoms with Gasteiger partial charge in [-0.1, -0.05) is 12.1 Å². The third-order valence-corrected chi connectivity index (χ3v) is 3.63. The summed E-state index contributed by atoms with van der Waals surface area (Å²) in [5.41, 5.74) is 1.06. The van der Waals surface area contributed by atoms with E-state index in [1.54, 1.807) is 17.5 Å². The third-order valence-electron chi connectivity index (χ3n) is 2.74. The average molecular weight is 273 g/mol. The van der Waals surface area contributed by atoms with Crippen molar-refractivity contribution in [2.75, 3.05) is 0 Å². The molecule has 0 aliphatic carbocycles. The van der Waals surface area contributed by atoms with Crippen LogP contribution in [0.25, 0.3) is 21.3 Å². The van der Waals surface area contributed by atoms with E-state index >= 15 is 0 Å². The van der Waals surface area contributed by atoms with Crippen molar-refractivity contribution < 1.29 is 4.92 Å². The van der Waals surface area contributed by atoms with Crippen LogP contribution in [0, 0.1) is 10.1 Å². The van der Waals surface area contributed by atoms with Crippen molar-refractivity contribution in [3.63, 3.8) is 0 Å². The molecule has 0 saturated carbocycles. The maximum atomic E-state index is 11.8. The van der Waals surface area contributed by atoms with E-state index in [0.717, 1.165) is 0 Å². The highest BCUT2D eigenvalue weighted by Crippen LogP contribution is 2.31. The lowest BCUT2D eigenvalue weighted by Gasteiger charge is -1.99. The molecule has 0 saturated heterocycles. The number of hydrogen-bond donors (Lipinski definition) is 1. The fraction of sp³-hybridized carbons (Fsp3) is 0. The first kappa shape index (κ1) is 11.5. The number of aromatic amines is 1. The van der Waals surface area contributed by atoms with Gasteiger partial charge in [-0.15, -0.1) is 11.3 Å². The van der Waals surface area contributed by atoms with Crippen LogP contribution in [-0.2, 0) is 0 Å². The summed E-state index contributed by atoms with van der Waals surface area (Å²) in [4.78, 5) is 29.4. The highest BCUT2D eigenvalue weighted by molar-refractivity contribution is 7.17. The smallest absolute Gasteiger partial charge is 0.270 e. The van der Waals surface area contributed by atoms with Crippen LogP contribution < -0.4 is 5.56 Å². The largest absolute Gasteiger partial charge is 0.313 e. The molecule has 2 heterocycles. The van der Waals surface area contributed by atoms with E-state index in [2.05, 4.69) is 9.97 Å². The molecule has 0 aliphatic rings. The molecule has 0 aliphatic heterocycles. The van der Waals surface area contributed by atoms with Gasteiger partial charge in [0.05, 0.1) is 16.6 Å². The Balaban J connectivity index is 2.28. The molecule has 2 aromatic heterocycles. The van der Waals surface area contributed by atoms with Crippen LogP contribution >= 0.6 is 11.3 Å². The Kier molecular flexibility index (Phi) is 2.60. The fourth-order valence-electron chi connectivity index (χ4n) is 1.88. The van der Waals surface area contributed by atoms with Crippen molar-refractivity contribution in [3.8, 4) is 11.1 Å². The van der Waals surface area contributed by atoms with E-state index in [9.17, 15) is 14.9 Å². The molecule has 7 heteroatoms. The monoisotopic (exact) mass is 273 g/mol. The number of aromatic nitrogens is 2. The summed E-state index contributed by atoms with van der Waals surface area (Å²) in [6, 6.07) is 6.21. The summed E-state index contributed by atoms with van der Waals surface area (Å²) < 4.78 is 0. The molecule has 0 fully saturated rings. The topological polar surface area (TPSA) is 88.9 Å². The quantitative estimate of drug-likeness (QED) is 0.574. The number of thiophene rings is 1. The van der Waals surface area contributed by atoms with Crippen molar-refractivity contribution >= 4 is 27.2 Å². The van der Waals surface area contributed by atoms with E-state index in [4.69, 9.17) is 0 Å². The first-order valence-corrected chi connectivity index (χ1v) is 6.24. The van der Waals surface area contributed by atoms with Crippen LogP contribution in [0.2, 0.25) is 0 Å². The number of fused-ring (bicyclic) bond motifs is 1. The molecular weight excluding hydrogens is 266 g/mol. The molecule has 3 aromatic rings. The number of non-ortho nitro benzene ring substituents is 1. The van der Waals surface area contributed by atoms with Crippen molar-refractivity contribution in [3.05, 3.63) is 56.4 Å². The van der Waals surface area contributed by atoms with Gasteiger partial charge >= 0.3 is 0 Å². The first-order chi connectivity index (χ1) is 9.16. The summed E-state index contributed by atoms with van der Waals surface area (Å²) in [5, 5.41) is 13.0. The maximum Gasteiger partial charge on any atom is 0.270 e. The highest BCUT2D eigenvalue weighted by atomic mass is 32.1. The second kappa shape index (κ2) is 4.29. The van der Waals surface area contributed by atoms with Gasteiger partial charge in [0.25, 0.3) is 11.2 Å². The van der Waals surface area contributed by atoms with Gasteiger partial charge in [-0.3, -0.25) is 14.9 Å². The van der Waals surface area contributed by atoms with Crippen LogP contribution in [0.1, 0.15) is 0 Å². The predicted octanol–water partition coefficient (Wildman–Crippen LogP) is 2.56. The number of nitro benzene ring substituents is 1. The Morgan fingerprint density at radius 2 is 2.21 bits per heavy atom. The number of benzene rings is 1. The normalized spacial score (nSPS) is 10.7. The van der Waals surface area contributed by atoms with Gasteiger partial charge in [-0.25, -0.2) is 4.98 Å². The van der Waals surface area contributed by atoms with E-state index in [-0.39, 0.29) is 11.2 Å². The SMILES string of the molecule is O=c1[nH]cnc2scc(-c3cccc([N+](=O)[O-])c3)c12. The lowest BCUT2D eigenvalue weighted by Crippen LogP contribution is -2.05. The van der Waals surface area contributed by atoms with Crippen LogP contribution in [-0.4, -0.2) is 14.9 Å². The average Bonchev–Trinajstić information content (AvgIpc) is 2.84. The van der Waals surface area contributed by atoms with E-state index in [1.165, 1.54) is 29.8 Å². The zero-order valence-electron chi connectivity index (χ0n) is 9.49. The molecular formula is C12H7N3O3S.